The molecule has 0 fully saturated rings. The van der Waals surface area contributed by atoms with Crippen LogP contribution in [0.15, 0.2) is 71.9 Å². The van der Waals surface area contributed by atoms with Crippen LogP contribution < -0.4 is 5.69 Å². The Morgan fingerprint density at radius 2 is 1.79 bits per heavy atom. The Labute approximate surface area is 194 Å². The van der Waals surface area contributed by atoms with Crippen molar-refractivity contribution in [2.45, 2.75) is 12.7 Å². The molecule has 0 saturated heterocycles. The molecule has 0 N–H and O–H groups in total. The first kappa shape index (κ1) is 21.7. The molecule has 1 aromatic carbocycles. The van der Waals surface area contributed by atoms with Gasteiger partial charge < -0.3 is 0 Å². The van der Waals surface area contributed by atoms with Crippen molar-refractivity contribution >= 4 is 17.2 Å². The smallest absolute Gasteiger partial charge is 0.251 e. The number of halogens is 4. The van der Waals surface area contributed by atoms with Crippen LogP contribution in [0, 0.1) is 0 Å². The summed E-state index contributed by atoms with van der Waals surface area (Å²) >= 11 is 6.02. The van der Waals surface area contributed by atoms with E-state index in [0.29, 0.717) is 27.4 Å². The number of benzene rings is 1. The Balaban J connectivity index is 1.65. The van der Waals surface area contributed by atoms with Crippen LogP contribution in [0.1, 0.15) is 11.3 Å². The van der Waals surface area contributed by atoms with Crippen LogP contribution >= 0.6 is 11.6 Å². The molecule has 0 radical (unpaired) electrons. The molecule has 0 atom stereocenters. The van der Waals surface area contributed by atoms with E-state index in [1.165, 1.54) is 18.5 Å². The third-order valence-electron chi connectivity index (χ3n) is 5.04. The zero-order chi connectivity index (χ0) is 23.9. The van der Waals surface area contributed by atoms with Gasteiger partial charge in [0, 0.05) is 23.0 Å². The minimum Gasteiger partial charge on any atom is -0.251 e. The van der Waals surface area contributed by atoms with Gasteiger partial charge in [-0.2, -0.15) is 33.0 Å². The van der Waals surface area contributed by atoms with E-state index in [-0.39, 0.29) is 12.2 Å². The largest absolute Gasteiger partial charge is 0.433 e. The second-order valence-electron chi connectivity index (χ2n) is 7.27. The number of pyridine rings is 1. The molecule has 8 nitrogen and oxygen atoms in total. The van der Waals surface area contributed by atoms with Gasteiger partial charge in [0.15, 0.2) is 5.65 Å². The van der Waals surface area contributed by atoms with Crippen LogP contribution in [0.25, 0.3) is 28.0 Å². The van der Waals surface area contributed by atoms with Crippen LogP contribution in [-0.4, -0.2) is 34.6 Å². The molecule has 4 aromatic heterocycles. The van der Waals surface area contributed by atoms with Crippen molar-refractivity contribution in [1.82, 2.24) is 34.6 Å². The van der Waals surface area contributed by atoms with Gasteiger partial charge in [0.1, 0.15) is 5.69 Å². The molecule has 0 amide bonds. The third-order valence-corrected chi connectivity index (χ3v) is 5.30. The summed E-state index contributed by atoms with van der Waals surface area (Å²) in [6.07, 6.45) is -0.443. The van der Waals surface area contributed by atoms with Crippen LogP contribution in [0.2, 0.25) is 5.02 Å². The van der Waals surface area contributed by atoms with Crippen molar-refractivity contribution in [2.24, 2.45) is 0 Å². The van der Waals surface area contributed by atoms with Gasteiger partial charge in [0.25, 0.3) is 0 Å². The molecule has 170 valence electrons. The van der Waals surface area contributed by atoms with Crippen molar-refractivity contribution in [3.8, 4) is 22.4 Å². The van der Waals surface area contributed by atoms with Crippen molar-refractivity contribution in [2.75, 3.05) is 0 Å². The molecule has 0 aliphatic carbocycles. The zero-order valence-corrected chi connectivity index (χ0v) is 17.9. The number of fused-ring (bicyclic) bond motifs is 1. The normalized spacial score (nSPS) is 11.8. The maximum Gasteiger partial charge on any atom is 0.433 e. The van der Waals surface area contributed by atoms with Crippen molar-refractivity contribution in [1.29, 1.82) is 0 Å². The van der Waals surface area contributed by atoms with E-state index in [9.17, 15) is 18.0 Å². The fourth-order valence-electron chi connectivity index (χ4n) is 3.46. The van der Waals surface area contributed by atoms with Crippen LogP contribution in [-0.2, 0) is 12.7 Å². The van der Waals surface area contributed by atoms with E-state index < -0.39 is 17.6 Å². The molecule has 0 spiro atoms. The number of aromatic nitrogens is 7. The average Bonchev–Trinajstić information content (AvgIpc) is 3.14. The van der Waals surface area contributed by atoms with Gasteiger partial charge >= 0.3 is 11.9 Å². The van der Waals surface area contributed by atoms with E-state index in [0.717, 1.165) is 27.0 Å². The van der Waals surface area contributed by atoms with Gasteiger partial charge in [-0.15, -0.1) is 5.10 Å². The molecule has 12 heteroatoms. The summed E-state index contributed by atoms with van der Waals surface area (Å²) < 4.78 is 40.6. The van der Waals surface area contributed by atoms with Crippen LogP contribution in [0.3, 0.4) is 0 Å². The molecule has 0 aliphatic heterocycles. The van der Waals surface area contributed by atoms with E-state index in [1.54, 1.807) is 36.4 Å². The van der Waals surface area contributed by atoms with Crippen LogP contribution in [0.4, 0.5) is 13.2 Å². The van der Waals surface area contributed by atoms with Gasteiger partial charge in [-0.3, -0.25) is 4.98 Å². The molecule has 5 aromatic rings. The Morgan fingerprint density at radius 3 is 2.44 bits per heavy atom. The topological polar surface area (TPSA) is 90.9 Å². The van der Waals surface area contributed by atoms with Gasteiger partial charge in [0.2, 0.25) is 0 Å². The number of hydrogen-bond acceptors (Lipinski definition) is 6. The molecular formula is C22H13ClF3N7O. The van der Waals surface area contributed by atoms with Crippen LogP contribution in [0.5, 0.6) is 0 Å². The van der Waals surface area contributed by atoms with E-state index in [1.807, 2.05) is 0 Å². The summed E-state index contributed by atoms with van der Waals surface area (Å²) in [5.41, 5.74) is 1.42. The fraction of sp³-hybridized carbons (Fsp3) is 0.0909. The van der Waals surface area contributed by atoms with Gasteiger partial charge in [-0.05, 0) is 41.5 Å². The zero-order valence-electron chi connectivity index (χ0n) is 17.1. The van der Waals surface area contributed by atoms with E-state index >= 15 is 0 Å². The minimum absolute atomic E-state index is 0.0937. The van der Waals surface area contributed by atoms with Crippen molar-refractivity contribution in [3.63, 3.8) is 0 Å². The highest BCUT2D eigenvalue weighted by molar-refractivity contribution is 6.30. The maximum absolute atomic E-state index is 13.0. The Bertz CT molecular complexity index is 1530. The number of alkyl halides is 3. The first-order valence-corrected chi connectivity index (χ1v) is 10.2. The lowest BCUT2D eigenvalue weighted by molar-refractivity contribution is -0.141. The third kappa shape index (κ3) is 4.01. The SMILES string of the molecule is O=c1n(Cc2ccc(C(F)(F)F)nc2)nc2c(-c3cccnn3)c(-c3ccc(Cl)cc3)cnn12. The molecular weight excluding hydrogens is 471 g/mol. The summed E-state index contributed by atoms with van der Waals surface area (Å²) in [7, 11) is 0. The van der Waals surface area contributed by atoms with Gasteiger partial charge in [-0.1, -0.05) is 29.8 Å². The maximum atomic E-state index is 13.0. The molecule has 0 bridgehead atoms. The quantitative estimate of drug-likeness (QED) is 0.382. The summed E-state index contributed by atoms with van der Waals surface area (Å²) in [5.74, 6) is 0. The summed E-state index contributed by atoms with van der Waals surface area (Å²) in [5, 5.41) is 17.3. The van der Waals surface area contributed by atoms with Gasteiger partial charge in [-0.25, -0.2) is 9.48 Å². The number of nitrogens with zero attached hydrogens (tertiary/aromatic N) is 7. The first-order chi connectivity index (χ1) is 16.3. The lowest BCUT2D eigenvalue weighted by Crippen LogP contribution is -2.23. The first-order valence-electron chi connectivity index (χ1n) is 9.86. The highest BCUT2D eigenvalue weighted by Gasteiger charge is 2.32. The predicted octanol–water partition coefficient (Wildman–Crippen LogP) is 4.13. The lowest BCUT2D eigenvalue weighted by atomic mass is 10.0. The summed E-state index contributed by atoms with van der Waals surface area (Å²) in [6, 6.07) is 12.6. The standard InChI is InChI=1S/C22H13ClF3N7O/c23-15-6-4-14(5-7-15)16-11-29-33-20(19(16)17-2-1-9-28-30-17)31-32(21(33)34)12-13-3-8-18(27-10-13)22(24,25)26/h1-11H,12H2. The minimum atomic E-state index is -4.55. The van der Waals surface area contributed by atoms with Crippen molar-refractivity contribution in [3.05, 3.63) is 93.9 Å². The second-order valence-corrected chi connectivity index (χ2v) is 7.71. The molecule has 0 saturated carbocycles. The highest BCUT2D eigenvalue weighted by atomic mass is 35.5. The molecule has 4 heterocycles. The molecule has 0 aliphatic rings. The molecule has 34 heavy (non-hydrogen) atoms. The highest BCUT2D eigenvalue weighted by Crippen LogP contribution is 2.33. The Kier molecular flexibility index (Phi) is 5.33. The lowest BCUT2D eigenvalue weighted by Gasteiger charge is -2.09. The van der Waals surface area contributed by atoms with E-state index in [2.05, 4.69) is 25.4 Å². The Morgan fingerprint density at radius 1 is 1.00 bits per heavy atom. The predicted molar refractivity (Wildman–Crippen MR) is 117 cm³/mol. The number of hydrogen-bond donors (Lipinski definition) is 0. The fourth-order valence-corrected chi connectivity index (χ4v) is 3.58. The van der Waals surface area contributed by atoms with E-state index in [4.69, 9.17) is 11.6 Å². The van der Waals surface area contributed by atoms with Gasteiger partial charge in [0.05, 0.1) is 24.0 Å². The van der Waals surface area contributed by atoms with Crippen molar-refractivity contribution < 1.29 is 13.2 Å². The average molecular weight is 484 g/mol. The Hall–Kier alpha value is -4.12. The summed E-state index contributed by atoms with van der Waals surface area (Å²) in [6.45, 7) is -0.0937. The summed E-state index contributed by atoms with van der Waals surface area (Å²) in [4.78, 5) is 16.4. The monoisotopic (exact) mass is 483 g/mol. The molecule has 0 unspecified atom stereocenters. The second kappa shape index (κ2) is 8.34. The molecule has 5 rings (SSSR count). The number of rotatable bonds is 4.